The number of aromatic amines is 1. The monoisotopic (exact) mass is 413 g/mol. The van der Waals surface area contributed by atoms with Gasteiger partial charge in [-0.05, 0) is 49.1 Å². The van der Waals surface area contributed by atoms with E-state index in [0.29, 0.717) is 29.2 Å². The number of carbonyl (C=O) groups excluding carboxylic acids is 2. The molecule has 3 heterocycles. The summed E-state index contributed by atoms with van der Waals surface area (Å²) in [7, 11) is 0. The predicted octanol–water partition coefficient (Wildman–Crippen LogP) is 4.00. The number of anilines is 2. The van der Waals surface area contributed by atoms with Crippen molar-refractivity contribution in [3.05, 3.63) is 46.5 Å². The number of benzene rings is 1. The second-order valence-electron chi connectivity index (χ2n) is 6.53. The van der Waals surface area contributed by atoms with Gasteiger partial charge < -0.3 is 10.2 Å². The number of rotatable bonds is 5. The van der Waals surface area contributed by atoms with Crippen molar-refractivity contribution in [2.24, 2.45) is 0 Å². The number of thiophene rings is 1. The zero-order valence-corrected chi connectivity index (χ0v) is 16.8. The van der Waals surface area contributed by atoms with Gasteiger partial charge in [-0.3, -0.25) is 19.3 Å². The molecule has 1 atom stereocenters. The fourth-order valence-corrected chi connectivity index (χ4v) is 4.32. The first-order chi connectivity index (χ1) is 13.6. The average Bonchev–Trinajstić information content (AvgIpc) is 3.42. The van der Waals surface area contributed by atoms with Crippen molar-refractivity contribution in [1.82, 2.24) is 14.8 Å². The molecule has 0 saturated carbocycles. The lowest BCUT2D eigenvalue weighted by molar-refractivity contribution is -0.119. The number of carbonyl (C=O) groups is 2. The fourth-order valence-electron chi connectivity index (χ4n) is 3.32. The molecule has 1 saturated heterocycles. The standard InChI is InChI=1S/C19H19N5O2S2/c1-12(24-17(21-22-19(24)27)15-8-5-11-28-15)18(26)20-13-6-2-3-7-14(13)23-10-4-9-16(23)25/h2-3,5-8,11-12H,4,9-10H2,1H3,(H,20,26)(H,22,27). The van der Waals surface area contributed by atoms with Gasteiger partial charge in [0.05, 0.1) is 16.3 Å². The van der Waals surface area contributed by atoms with E-state index in [9.17, 15) is 9.59 Å². The lowest BCUT2D eigenvalue weighted by atomic mass is 10.2. The zero-order chi connectivity index (χ0) is 19.7. The first-order valence-electron chi connectivity index (χ1n) is 8.97. The molecule has 28 heavy (non-hydrogen) atoms. The van der Waals surface area contributed by atoms with Crippen molar-refractivity contribution in [2.45, 2.75) is 25.8 Å². The molecule has 4 rings (SSSR count). The molecule has 1 aliphatic rings. The molecule has 0 bridgehead atoms. The van der Waals surface area contributed by atoms with Gasteiger partial charge in [0.25, 0.3) is 0 Å². The Hall–Kier alpha value is -2.78. The molecule has 2 amide bonds. The van der Waals surface area contributed by atoms with Crippen LogP contribution in [0.3, 0.4) is 0 Å². The van der Waals surface area contributed by atoms with Crippen molar-refractivity contribution in [1.29, 1.82) is 0 Å². The van der Waals surface area contributed by atoms with Crippen LogP contribution in [0, 0.1) is 4.77 Å². The van der Waals surface area contributed by atoms with Crippen LogP contribution in [0.1, 0.15) is 25.8 Å². The lowest BCUT2D eigenvalue weighted by Gasteiger charge is -2.21. The van der Waals surface area contributed by atoms with Crippen molar-refractivity contribution in [3.8, 4) is 10.7 Å². The van der Waals surface area contributed by atoms with E-state index in [1.165, 1.54) is 11.3 Å². The van der Waals surface area contributed by atoms with Crippen LogP contribution in [0.15, 0.2) is 41.8 Å². The van der Waals surface area contributed by atoms with E-state index in [4.69, 9.17) is 12.2 Å². The molecule has 2 aromatic heterocycles. The van der Waals surface area contributed by atoms with Crippen molar-refractivity contribution >= 4 is 46.7 Å². The van der Waals surface area contributed by atoms with Gasteiger partial charge in [0.1, 0.15) is 6.04 Å². The molecule has 0 spiro atoms. The van der Waals surface area contributed by atoms with Crippen LogP contribution in [-0.4, -0.2) is 33.1 Å². The molecule has 2 N–H and O–H groups in total. The van der Waals surface area contributed by atoms with E-state index in [0.717, 1.165) is 17.0 Å². The van der Waals surface area contributed by atoms with Crippen LogP contribution in [-0.2, 0) is 9.59 Å². The highest BCUT2D eigenvalue weighted by Gasteiger charge is 2.26. The number of H-pyrrole nitrogens is 1. The fraction of sp³-hybridized carbons (Fsp3) is 0.263. The molecule has 7 nitrogen and oxygen atoms in total. The maximum Gasteiger partial charge on any atom is 0.247 e. The summed E-state index contributed by atoms with van der Waals surface area (Å²) in [6, 6.07) is 10.6. The number of nitrogens with one attached hydrogen (secondary N) is 2. The Balaban J connectivity index is 1.62. The van der Waals surface area contributed by atoms with Gasteiger partial charge in [0.15, 0.2) is 10.6 Å². The number of aromatic nitrogens is 3. The lowest BCUT2D eigenvalue weighted by Crippen LogP contribution is -2.28. The topological polar surface area (TPSA) is 83.0 Å². The molecule has 1 unspecified atom stereocenters. The molecule has 0 radical (unpaired) electrons. The first kappa shape index (κ1) is 18.6. The molecular formula is C19H19N5O2S2. The van der Waals surface area contributed by atoms with E-state index >= 15 is 0 Å². The Morgan fingerprint density at radius 2 is 2.14 bits per heavy atom. The van der Waals surface area contributed by atoms with Gasteiger partial charge in [0.2, 0.25) is 11.8 Å². The van der Waals surface area contributed by atoms with E-state index < -0.39 is 6.04 Å². The largest absolute Gasteiger partial charge is 0.322 e. The number of hydrogen-bond donors (Lipinski definition) is 2. The number of nitrogens with zero attached hydrogens (tertiary/aromatic N) is 3. The van der Waals surface area contributed by atoms with Gasteiger partial charge in [-0.15, -0.1) is 11.3 Å². The van der Waals surface area contributed by atoms with Gasteiger partial charge in [-0.1, -0.05) is 18.2 Å². The van der Waals surface area contributed by atoms with Crippen molar-refractivity contribution in [3.63, 3.8) is 0 Å². The molecular weight excluding hydrogens is 394 g/mol. The normalized spacial score (nSPS) is 15.0. The summed E-state index contributed by atoms with van der Waals surface area (Å²) in [4.78, 5) is 27.8. The number of hydrogen-bond acceptors (Lipinski definition) is 5. The Kier molecular flexibility index (Phi) is 5.10. The predicted molar refractivity (Wildman–Crippen MR) is 112 cm³/mol. The summed E-state index contributed by atoms with van der Waals surface area (Å²) in [6.07, 6.45) is 1.36. The third kappa shape index (κ3) is 3.38. The van der Waals surface area contributed by atoms with Crippen LogP contribution in [0.5, 0.6) is 0 Å². The van der Waals surface area contributed by atoms with Gasteiger partial charge in [0, 0.05) is 13.0 Å². The van der Waals surface area contributed by atoms with Crippen molar-refractivity contribution in [2.75, 3.05) is 16.8 Å². The first-order valence-corrected chi connectivity index (χ1v) is 10.3. The highest BCUT2D eigenvalue weighted by atomic mass is 32.1. The maximum atomic E-state index is 13.0. The van der Waals surface area contributed by atoms with Crippen LogP contribution in [0.2, 0.25) is 0 Å². The van der Waals surface area contributed by atoms with E-state index in [1.54, 1.807) is 22.5 Å². The molecule has 0 aliphatic carbocycles. The molecule has 1 aromatic carbocycles. The second-order valence-corrected chi connectivity index (χ2v) is 7.87. The number of para-hydroxylation sites is 2. The highest BCUT2D eigenvalue weighted by molar-refractivity contribution is 7.71. The number of amides is 2. The minimum absolute atomic E-state index is 0.0757. The maximum absolute atomic E-state index is 13.0. The third-order valence-electron chi connectivity index (χ3n) is 4.74. The summed E-state index contributed by atoms with van der Waals surface area (Å²) >= 11 is 6.88. The summed E-state index contributed by atoms with van der Waals surface area (Å²) in [5.74, 6) is 0.479. The zero-order valence-electron chi connectivity index (χ0n) is 15.2. The summed E-state index contributed by atoms with van der Waals surface area (Å²) in [5, 5.41) is 12.0. The molecule has 1 fully saturated rings. The van der Waals surface area contributed by atoms with Crippen molar-refractivity contribution < 1.29 is 9.59 Å². The highest BCUT2D eigenvalue weighted by Crippen LogP contribution is 2.31. The Bertz CT molecular complexity index is 1070. The minimum atomic E-state index is -0.578. The molecule has 144 valence electrons. The van der Waals surface area contributed by atoms with E-state index in [2.05, 4.69) is 15.5 Å². The Morgan fingerprint density at radius 3 is 2.86 bits per heavy atom. The van der Waals surface area contributed by atoms with Crippen LogP contribution in [0.4, 0.5) is 11.4 Å². The minimum Gasteiger partial charge on any atom is -0.322 e. The second kappa shape index (κ2) is 7.69. The molecule has 1 aliphatic heterocycles. The van der Waals surface area contributed by atoms with Crippen LogP contribution >= 0.6 is 23.6 Å². The Morgan fingerprint density at radius 1 is 1.32 bits per heavy atom. The average molecular weight is 414 g/mol. The van der Waals surface area contributed by atoms with Crippen LogP contribution in [0.25, 0.3) is 10.7 Å². The summed E-state index contributed by atoms with van der Waals surface area (Å²) in [5.41, 5.74) is 1.34. The summed E-state index contributed by atoms with van der Waals surface area (Å²) < 4.78 is 2.09. The molecule has 9 heteroatoms. The SMILES string of the molecule is CC(C(=O)Nc1ccccc1N1CCCC1=O)n1c(-c2cccs2)n[nH]c1=S. The summed E-state index contributed by atoms with van der Waals surface area (Å²) in [6.45, 7) is 2.44. The van der Waals surface area contributed by atoms with Gasteiger partial charge in [-0.2, -0.15) is 5.10 Å². The molecule has 3 aromatic rings. The van der Waals surface area contributed by atoms with Gasteiger partial charge >= 0.3 is 0 Å². The third-order valence-corrected chi connectivity index (χ3v) is 5.89. The quantitative estimate of drug-likeness (QED) is 0.620. The Labute approximate surface area is 171 Å². The van der Waals surface area contributed by atoms with E-state index in [1.807, 2.05) is 35.7 Å². The van der Waals surface area contributed by atoms with E-state index in [-0.39, 0.29) is 11.8 Å². The smallest absolute Gasteiger partial charge is 0.247 e. The van der Waals surface area contributed by atoms with Crippen LogP contribution < -0.4 is 10.2 Å². The van der Waals surface area contributed by atoms with Gasteiger partial charge in [-0.25, -0.2) is 0 Å².